The Labute approximate surface area is 71.3 Å². The first-order valence-electron chi connectivity index (χ1n) is 3.55. The molecule has 0 aliphatic heterocycles. The van der Waals surface area contributed by atoms with E-state index in [1.165, 1.54) is 25.7 Å². The highest BCUT2D eigenvalue weighted by atomic mass is 127. The van der Waals surface area contributed by atoms with E-state index in [0.717, 1.165) is 11.2 Å². The molecule has 0 aromatic heterocycles. The molecule has 0 spiro atoms. The van der Waals surface area contributed by atoms with Crippen LogP contribution in [-0.2, 0) is 4.74 Å². The van der Waals surface area contributed by atoms with E-state index in [1.807, 2.05) is 0 Å². The van der Waals surface area contributed by atoms with E-state index in [4.69, 9.17) is 4.74 Å². The monoisotopic (exact) mass is 242 g/mol. The molecule has 0 aliphatic carbocycles. The van der Waals surface area contributed by atoms with Crippen molar-refractivity contribution in [3.8, 4) is 0 Å². The fourth-order valence-electron chi connectivity index (χ4n) is 0.685. The molecule has 0 heterocycles. The number of unbranched alkanes of at least 4 members (excludes halogenated alkanes) is 3. The molecule has 0 fully saturated rings. The van der Waals surface area contributed by atoms with E-state index in [0.29, 0.717) is 0 Å². The Morgan fingerprint density at radius 1 is 1.22 bits per heavy atom. The van der Waals surface area contributed by atoms with Crippen LogP contribution in [0.2, 0.25) is 0 Å². The Balaban J connectivity index is 2.60. The van der Waals surface area contributed by atoms with Crippen molar-refractivity contribution in [3.63, 3.8) is 0 Å². The van der Waals surface area contributed by atoms with Crippen molar-refractivity contribution in [1.29, 1.82) is 0 Å². The third-order valence-electron chi connectivity index (χ3n) is 1.22. The molecule has 2 heteroatoms. The van der Waals surface area contributed by atoms with Gasteiger partial charge in [0.1, 0.15) is 0 Å². The minimum atomic E-state index is 0.837. The van der Waals surface area contributed by atoms with Gasteiger partial charge in [0.15, 0.2) is 0 Å². The van der Waals surface area contributed by atoms with Crippen molar-refractivity contribution in [3.05, 3.63) is 0 Å². The summed E-state index contributed by atoms with van der Waals surface area (Å²) in [6.07, 6.45) is 5.22. The summed E-state index contributed by atoms with van der Waals surface area (Å²) in [5, 5.41) is 0. The van der Waals surface area contributed by atoms with Crippen LogP contribution in [0.3, 0.4) is 0 Å². The molecule has 0 rings (SSSR count). The molecule has 0 saturated carbocycles. The fourth-order valence-corrected chi connectivity index (χ4v) is 0.997. The second kappa shape index (κ2) is 8.69. The van der Waals surface area contributed by atoms with Gasteiger partial charge in [-0.15, -0.1) is 0 Å². The molecule has 0 N–H and O–H groups in total. The molecule has 56 valence electrons. The van der Waals surface area contributed by atoms with E-state index in [1.54, 1.807) is 0 Å². The number of rotatable bonds is 6. The number of hydrogen-bond acceptors (Lipinski definition) is 1. The lowest BCUT2D eigenvalue weighted by Gasteiger charge is -1.97. The second-order valence-electron chi connectivity index (χ2n) is 2.08. The van der Waals surface area contributed by atoms with Gasteiger partial charge in [0.05, 0.1) is 4.61 Å². The average Bonchev–Trinajstić information content (AvgIpc) is 1.89. The maximum Gasteiger partial charge on any atom is 0.0979 e. The summed E-state index contributed by atoms with van der Waals surface area (Å²) in [5.41, 5.74) is 0. The van der Waals surface area contributed by atoms with E-state index < -0.39 is 0 Å². The summed E-state index contributed by atoms with van der Waals surface area (Å²) >= 11 is 2.23. The van der Waals surface area contributed by atoms with Gasteiger partial charge in [0, 0.05) is 6.61 Å². The summed E-state index contributed by atoms with van der Waals surface area (Å²) in [6, 6.07) is 0. The smallest absolute Gasteiger partial charge is 0.0979 e. The molecule has 0 aromatic carbocycles. The van der Waals surface area contributed by atoms with Gasteiger partial charge in [-0.05, 0) is 6.42 Å². The zero-order valence-electron chi connectivity index (χ0n) is 6.03. The van der Waals surface area contributed by atoms with Crippen molar-refractivity contribution in [2.24, 2.45) is 0 Å². The Bertz CT molecular complexity index is 42.2. The molecule has 0 aliphatic rings. The summed E-state index contributed by atoms with van der Waals surface area (Å²) < 4.78 is 6.00. The average molecular weight is 242 g/mol. The van der Waals surface area contributed by atoms with Gasteiger partial charge in [-0.3, -0.25) is 0 Å². The van der Waals surface area contributed by atoms with Crippen LogP contribution >= 0.6 is 22.6 Å². The zero-order chi connectivity index (χ0) is 6.95. The van der Waals surface area contributed by atoms with Crippen molar-refractivity contribution in [2.45, 2.75) is 32.6 Å². The number of alkyl halides is 1. The molecule has 0 bridgehead atoms. The standard InChI is InChI=1S/C7H15IO/c1-2-3-4-5-6-9-7-8/h2-7H2,1H3. The van der Waals surface area contributed by atoms with Crippen molar-refractivity contribution in [1.82, 2.24) is 0 Å². The molecular weight excluding hydrogens is 227 g/mol. The first-order chi connectivity index (χ1) is 4.41. The van der Waals surface area contributed by atoms with E-state index in [-0.39, 0.29) is 0 Å². The Kier molecular flexibility index (Phi) is 9.36. The van der Waals surface area contributed by atoms with Crippen molar-refractivity contribution in [2.75, 3.05) is 11.2 Å². The lowest BCUT2D eigenvalue weighted by atomic mass is 10.2. The van der Waals surface area contributed by atoms with Gasteiger partial charge >= 0.3 is 0 Å². The van der Waals surface area contributed by atoms with Crippen LogP contribution in [0.15, 0.2) is 0 Å². The predicted octanol–water partition coefficient (Wildman–Crippen LogP) is 2.98. The largest absolute Gasteiger partial charge is 0.371 e. The van der Waals surface area contributed by atoms with Crippen LogP contribution < -0.4 is 0 Å². The lowest BCUT2D eigenvalue weighted by Crippen LogP contribution is -1.90. The van der Waals surface area contributed by atoms with Crippen molar-refractivity contribution < 1.29 is 4.74 Å². The Morgan fingerprint density at radius 2 is 2.00 bits per heavy atom. The predicted molar refractivity (Wildman–Crippen MR) is 49.0 cm³/mol. The van der Waals surface area contributed by atoms with Crippen molar-refractivity contribution >= 4 is 22.6 Å². The normalized spacial score (nSPS) is 10.0. The van der Waals surface area contributed by atoms with Gasteiger partial charge in [-0.1, -0.05) is 48.8 Å². The first kappa shape index (κ1) is 9.69. The molecule has 0 radical (unpaired) electrons. The van der Waals surface area contributed by atoms with Crippen LogP contribution in [-0.4, -0.2) is 11.2 Å². The van der Waals surface area contributed by atoms with Gasteiger partial charge in [-0.25, -0.2) is 0 Å². The molecule has 1 nitrogen and oxygen atoms in total. The molecule has 0 saturated heterocycles. The lowest BCUT2D eigenvalue weighted by molar-refractivity contribution is 0.184. The highest BCUT2D eigenvalue weighted by Gasteiger charge is 1.85. The van der Waals surface area contributed by atoms with Gasteiger partial charge in [0.2, 0.25) is 0 Å². The Morgan fingerprint density at radius 3 is 2.56 bits per heavy atom. The van der Waals surface area contributed by atoms with Crippen LogP contribution in [0, 0.1) is 0 Å². The van der Waals surface area contributed by atoms with Gasteiger partial charge < -0.3 is 4.74 Å². The molecule has 0 amide bonds. The van der Waals surface area contributed by atoms with E-state index in [9.17, 15) is 0 Å². The van der Waals surface area contributed by atoms with Gasteiger partial charge in [-0.2, -0.15) is 0 Å². The Hall–Kier alpha value is 0.690. The quantitative estimate of drug-likeness (QED) is 0.395. The minimum Gasteiger partial charge on any atom is -0.371 e. The molecule has 0 unspecified atom stereocenters. The van der Waals surface area contributed by atoms with Crippen LogP contribution in [0.5, 0.6) is 0 Å². The first-order valence-corrected chi connectivity index (χ1v) is 5.08. The molecule has 0 aromatic rings. The van der Waals surface area contributed by atoms with Gasteiger partial charge in [0.25, 0.3) is 0 Å². The van der Waals surface area contributed by atoms with Crippen LogP contribution in [0.1, 0.15) is 32.6 Å². The fraction of sp³-hybridized carbons (Fsp3) is 1.00. The van der Waals surface area contributed by atoms with E-state index >= 15 is 0 Å². The van der Waals surface area contributed by atoms with Crippen LogP contribution in [0.25, 0.3) is 0 Å². The summed E-state index contributed by atoms with van der Waals surface area (Å²) in [5.74, 6) is 0. The number of ether oxygens (including phenoxy) is 1. The van der Waals surface area contributed by atoms with E-state index in [2.05, 4.69) is 29.5 Å². The summed E-state index contributed by atoms with van der Waals surface area (Å²) in [6.45, 7) is 3.17. The topological polar surface area (TPSA) is 9.23 Å². The zero-order valence-corrected chi connectivity index (χ0v) is 8.19. The van der Waals surface area contributed by atoms with Crippen LogP contribution in [0.4, 0.5) is 0 Å². The third-order valence-corrected chi connectivity index (χ3v) is 1.66. The maximum absolute atomic E-state index is 5.17. The second-order valence-corrected chi connectivity index (χ2v) is 2.70. The highest BCUT2D eigenvalue weighted by Crippen LogP contribution is 1.99. The molecule has 9 heavy (non-hydrogen) atoms. The summed E-state index contributed by atoms with van der Waals surface area (Å²) in [4.78, 5) is 0. The minimum absolute atomic E-state index is 0.837. The maximum atomic E-state index is 5.17. The SMILES string of the molecule is CCCCCCOCI. The molecule has 0 atom stereocenters. The summed E-state index contributed by atoms with van der Waals surface area (Å²) in [7, 11) is 0. The number of hydrogen-bond donors (Lipinski definition) is 0. The number of halogens is 1. The molecular formula is C7H15IO. The highest BCUT2D eigenvalue weighted by molar-refractivity contribution is 14.1. The third kappa shape index (κ3) is 8.69.